The lowest BCUT2D eigenvalue weighted by molar-refractivity contribution is 0.0916. The minimum absolute atomic E-state index is 0.0502. The Morgan fingerprint density at radius 3 is 2.71 bits per heavy atom. The first-order valence-corrected chi connectivity index (χ1v) is 9.21. The van der Waals surface area contributed by atoms with Gasteiger partial charge in [-0.3, -0.25) is 4.79 Å². The molecule has 0 saturated carbocycles. The highest BCUT2D eigenvalue weighted by molar-refractivity contribution is 7.89. The van der Waals surface area contributed by atoms with Crippen LogP contribution in [0, 0.1) is 6.92 Å². The third kappa shape index (κ3) is 3.51. The smallest absolute Gasteiger partial charge is 0.287 e. The molecule has 130 valence electrons. The van der Waals surface area contributed by atoms with Gasteiger partial charge in [-0.05, 0) is 31.9 Å². The summed E-state index contributed by atoms with van der Waals surface area (Å²) < 4.78 is 36.5. The summed E-state index contributed by atoms with van der Waals surface area (Å²) in [5, 5.41) is 6.17. The highest BCUT2D eigenvalue weighted by Gasteiger charge is 2.29. The molecular weight excluding hydrogens is 334 g/mol. The molecule has 9 heteroatoms. The standard InChI is InChI=1S/C15H19N3O5S/c1-11-9-12(17-23-11)10-16-15(19)13-5-6-14(22-13)24(20,21)18-7-3-2-4-8-18/h5-6,9H,2-4,7-8,10H2,1H3,(H,16,19). The summed E-state index contributed by atoms with van der Waals surface area (Å²) in [6, 6.07) is 4.38. The maximum atomic E-state index is 12.5. The topological polar surface area (TPSA) is 106 Å². The molecule has 2 aromatic rings. The lowest BCUT2D eigenvalue weighted by atomic mass is 10.2. The van der Waals surface area contributed by atoms with Crippen LogP contribution in [0.5, 0.6) is 0 Å². The van der Waals surface area contributed by atoms with Crippen LogP contribution in [0.1, 0.15) is 41.3 Å². The first-order valence-electron chi connectivity index (χ1n) is 7.77. The predicted molar refractivity (Wildman–Crippen MR) is 83.7 cm³/mol. The van der Waals surface area contributed by atoms with Crippen molar-refractivity contribution >= 4 is 15.9 Å². The second kappa shape index (κ2) is 6.78. The molecule has 0 spiro atoms. The van der Waals surface area contributed by atoms with Crippen LogP contribution in [-0.2, 0) is 16.6 Å². The summed E-state index contributed by atoms with van der Waals surface area (Å²) in [6.45, 7) is 2.89. The van der Waals surface area contributed by atoms with Gasteiger partial charge in [0.25, 0.3) is 15.9 Å². The average Bonchev–Trinajstić information content (AvgIpc) is 3.23. The van der Waals surface area contributed by atoms with E-state index in [0.717, 1.165) is 19.3 Å². The number of carbonyl (C=O) groups is 1. The quantitative estimate of drug-likeness (QED) is 0.877. The number of furan rings is 1. The van der Waals surface area contributed by atoms with Gasteiger partial charge in [-0.15, -0.1) is 0 Å². The van der Waals surface area contributed by atoms with Crippen molar-refractivity contribution in [2.24, 2.45) is 0 Å². The number of hydrogen-bond donors (Lipinski definition) is 1. The molecule has 1 fully saturated rings. The normalized spacial score (nSPS) is 16.2. The van der Waals surface area contributed by atoms with Gasteiger partial charge >= 0.3 is 0 Å². The van der Waals surface area contributed by atoms with Crippen LogP contribution < -0.4 is 5.32 Å². The monoisotopic (exact) mass is 353 g/mol. The summed E-state index contributed by atoms with van der Waals surface area (Å²) in [5.41, 5.74) is 0.577. The Morgan fingerprint density at radius 1 is 1.29 bits per heavy atom. The lowest BCUT2D eigenvalue weighted by Gasteiger charge is -2.24. The number of aryl methyl sites for hydroxylation is 1. The van der Waals surface area contributed by atoms with E-state index in [1.54, 1.807) is 13.0 Å². The van der Waals surface area contributed by atoms with Crippen molar-refractivity contribution < 1.29 is 22.2 Å². The fourth-order valence-corrected chi connectivity index (χ4v) is 4.00. The maximum Gasteiger partial charge on any atom is 0.287 e. The molecule has 1 aliphatic rings. The molecule has 3 heterocycles. The molecule has 0 radical (unpaired) electrons. The Bertz CT molecular complexity index is 818. The van der Waals surface area contributed by atoms with Crippen molar-refractivity contribution in [3.8, 4) is 0 Å². The maximum absolute atomic E-state index is 12.5. The van der Waals surface area contributed by atoms with Crippen LogP contribution in [0.3, 0.4) is 0 Å². The van der Waals surface area contributed by atoms with E-state index in [9.17, 15) is 13.2 Å². The number of sulfonamides is 1. The zero-order chi connectivity index (χ0) is 17.2. The van der Waals surface area contributed by atoms with E-state index >= 15 is 0 Å². The van der Waals surface area contributed by atoms with Gasteiger partial charge in [0.2, 0.25) is 5.09 Å². The molecule has 0 bridgehead atoms. The molecular formula is C15H19N3O5S. The van der Waals surface area contributed by atoms with Gasteiger partial charge in [0.1, 0.15) is 11.5 Å². The second-order valence-electron chi connectivity index (χ2n) is 5.70. The van der Waals surface area contributed by atoms with Crippen molar-refractivity contribution in [3.05, 3.63) is 35.4 Å². The minimum atomic E-state index is -3.68. The van der Waals surface area contributed by atoms with Crippen LogP contribution >= 0.6 is 0 Å². The van der Waals surface area contributed by atoms with E-state index in [2.05, 4.69) is 10.5 Å². The third-order valence-electron chi connectivity index (χ3n) is 3.82. The molecule has 1 amide bonds. The Hall–Kier alpha value is -2.13. The Kier molecular flexibility index (Phi) is 4.72. The predicted octanol–water partition coefficient (Wildman–Crippen LogP) is 1.68. The molecule has 2 aromatic heterocycles. The van der Waals surface area contributed by atoms with Crippen molar-refractivity contribution in [1.82, 2.24) is 14.8 Å². The average molecular weight is 353 g/mol. The van der Waals surface area contributed by atoms with E-state index in [4.69, 9.17) is 8.94 Å². The molecule has 1 N–H and O–H groups in total. The fraction of sp³-hybridized carbons (Fsp3) is 0.467. The largest absolute Gasteiger partial charge is 0.438 e. The minimum Gasteiger partial charge on any atom is -0.438 e. The number of aromatic nitrogens is 1. The molecule has 0 aliphatic carbocycles. The van der Waals surface area contributed by atoms with Gasteiger partial charge in [-0.25, -0.2) is 8.42 Å². The zero-order valence-electron chi connectivity index (χ0n) is 13.3. The molecule has 0 unspecified atom stereocenters. The molecule has 3 rings (SSSR count). The summed E-state index contributed by atoms with van der Waals surface area (Å²) in [7, 11) is -3.68. The van der Waals surface area contributed by atoms with Gasteiger partial charge in [0.15, 0.2) is 5.76 Å². The highest BCUT2D eigenvalue weighted by atomic mass is 32.2. The second-order valence-corrected chi connectivity index (χ2v) is 7.56. The molecule has 0 atom stereocenters. The van der Waals surface area contributed by atoms with Gasteiger partial charge < -0.3 is 14.3 Å². The van der Waals surface area contributed by atoms with Gasteiger partial charge in [-0.1, -0.05) is 11.6 Å². The summed E-state index contributed by atoms with van der Waals surface area (Å²) >= 11 is 0. The Labute approximate surface area is 139 Å². The first kappa shape index (κ1) is 16.7. The van der Waals surface area contributed by atoms with Crippen molar-refractivity contribution in [2.75, 3.05) is 13.1 Å². The molecule has 1 saturated heterocycles. The molecule has 1 aliphatic heterocycles. The van der Waals surface area contributed by atoms with E-state index in [1.807, 2.05) is 0 Å². The number of piperidine rings is 1. The number of nitrogens with one attached hydrogen (secondary N) is 1. The fourth-order valence-electron chi connectivity index (χ4n) is 2.57. The van der Waals surface area contributed by atoms with E-state index in [1.165, 1.54) is 16.4 Å². The van der Waals surface area contributed by atoms with Gasteiger partial charge in [0.05, 0.1) is 6.54 Å². The summed E-state index contributed by atoms with van der Waals surface area (Å²) in [5.74, 6) is 0.0914. The van der Waals surface area contributed by atoms with Crippen molar-refractivity contribution in [2.45, 2.75) is 37.8 Å². The Balaban J connectivity index is 1.66. The Morgan fingerprint density at radius 2 is 2.04 bits per heavy atom. The van der Waals surface area contributed by atoms with Crippen LogP contribution in [0.4, 0.5) is 0 Å². The van der Waals surface area contributed by atoms with Crippen LogP contribution in [0.25, 0.3) is 0 Å². The van der Waals surface area contributed by atoms with Gasteiger partial charge in [0, 0.05) is 19.2 Å². The van der Waals surface area contributed by atoms with Gasteiger partial charge in [-0.2, -0.15) is 4.31 Å². The number of amides is 1. The van der Waals surface area contributed by atoms with E-state index < -0.39 is 15.9 Å². The molecule has 24 heavy (non-hydrogen) atoms. The highest BCUT2D eigenvalue weighted by Crippen LogP contribution is 2.22. The van der Waals surface area contributed by atoms with Crippen LogP contribution in [0.15, 0.2) is 32.2 Å². The molecule has 8 nitrogen and oxygen atoms in total. The van der Waals surface area contributed by atoms with E-state index in [0.29, 0.717) is 24.5 Å². The SMILES string of the molecule is Cc1cc(CNC(=O)c2ccc(S(=O)(=O)N3CCCCC3)o2)no1. The van der Waals surface area contributed by atoms with E-state index in [-0.39, 0.29) is 17.4 Å². The number of rotatable bonds is 5. The van der Waals surface area contributed by atoms with Crippen molar-refractivity contribution in [3.63, 3.8) is 0 Å². The number of nitrogens with zero attached hydrogens (tertiary/aromatic N) is 2. The summed E-state index contributed by atoms with van der Waals surface area (Å²) in [4.78, 5) is 12.1. The number of carbonyl (C=O) groups excluding carboxylic acids is 1. The lowest BCUT2D eigenvalue weighted by Crippen LogP contribution is -2.35. The summed E-state index contributed by atoms with van der Waals surface area (Å²) in [6.07, 6.45) is 2.70. The van der Waals surface area contributed by atoms with Crippen molar-refractivity contribution in [1.29, 1.82) is 0 Å². The molecule has 0 aromatic carbocycles. The zero-order valence-corrected chi connectivity index (χ0v) is 14.1. The number of hydrogen-bond acceptors (Lipinski definition) is 6. The van der Waals surface area contributed by atoms with Crippen LogP contribution in [0.2, 0.25) is 0 Å². The van der Waals surface area contributed by atoms with Crippen LogP contribution in [-0.4, -0.2) is 36.9 Å². The first-order chi connectivity index (χ1) is 11.5. The third-order valence-corrected chi connectivity index (χ3v) is 5.59.